The largest absolute Gasteiger partial charge is 0.442 e. The van der Waals surface area contributed by atoms with Crippen molar-refractivity contribution in [1.29, 1.82) is 0 Å². The summed E-state index contributed by atoms with van der Waals surface area (Å²) in [5, 5.41) is 11.5. The Morgan fingerprint density at radius 1 is 1.20 bits per heavy atom. The van der Waals surface area contributed by atoms with Gasteiger partial charge < -0.3 is 25.0 Å². The third kappa shape index (κ3) is 4.75. The van der Waals surface area contributed by atoms with Crippen LogP contribution in [0.15, 0.2) is 12.1 Å². The van der Waals surface area contributed by atoms with Crippen LogP contribution in [0.3, 0.4) is 0 Å². The summed E-state index contributed by atoms with van der Waals surface area (Å²) in [5.74, 6) is -2.45. The predicted octanol–water partition coefficient (Wildman–Crippen LogP) is -0.0231. The first kappa shape index (κ1) is 22.1. The average Bonchev–Trinajstić information content (AvgIpc) is 3.11. The first-order chi connectivity index (χ1) is 14.3. The second kappa shape index (κ2) is 9.47. The SMILES string of the molecule is O=C(CS)NCC1CN(c2cc(F)c(N3CCN(C(=O)CO)CC3)c(F)c2)C(=O)O1. The quantitative estimate of drug-likeness (QED) is 0.533. The number of nitrogens with one attached hydrogen (secondary N) is 1. The molecule has 0 spiro atoms. The molecule has 3 rings (SSSR count). The van der Waals surface area contributed by atoms with E-state index in [-0.39, 0.29) is 62.3 Å². The zero-order valence-corrected chi connectivity index (χ0v) is 16.9. The number of piperazine rings is 1. The number of carbonyl (C=O) groups is 3. The minimum Gasteiger partial charge on any atom is -0.442 e. The molecule has 0 radical (unpaired) electrons. The average molecular weight is 444 g/mol. The minimum atomic E-state index is -0.841. The molecular formula is C18H22F2N4O5S. The van der Waals surface area contributed by atoms with Gasteiger partial charge in [0.05, 0.1) is 24.5 Å². The molecule has 2 aliphatic heterocycles. The van der Waals surface area contributed by atoms with Crippen LogP contribution in [-0.4, -0.2) is 85.6 Å². The van der Waals surface area contributed by atoms with E-state index in [0.717, 1.165) is 17.0 Å². The summed E-state index contributed by atoms with van der Waals surface area (Å²) in [5.41, 5.74) is -0.226. The van der Waals surface area contributed by atoms with E-state index in [1.165, 1.54) is 9.80 Å². The molecule has 2 heterocycles. The molecule has 12 heteroatoms. The van der Waals surface area contributed by atoms with Crippen molar-refractivity contribution in [3.63, 3.8) is 0 Å². The Morgan fingerprint density at radius 2 is 1.83 bits per heavy atom. The molecule has 1 atom stereocenters. The molecule has 1 aromatic rings. The van der Waals surface area contributed by atoms with Crippen LogP contribution in [0.5, 0.6) is 0 Å². The zero-order chi connectivity index (χ0) is 21.8. The number of anilines is 2. The molecule has 0 bridgehead atoms. The molecule has 0 aromatic heterocycles. The molecule has 1 unspecified atom stereocenters. The normalized spacial score (nSPS) is 19.1. The number of cyclic esters (lactones) is 1. The maximum Gasteiger partial charge on any atom is 0.414 e. The van der Waals surface area contributed by atoms with Gasteiger partial charge in [-0.25, -0.2) is 13.6 Å². The fraction of sp³-hybridized carbons (Fsp3) is 0.500. The third-order valence-corrected chi connectivity index (χ3v) is 5.23. The highest BCUT2D eigenvalue weighted by atomic mass is 32.1. The van der Waals surface area contributed by atoms with Crippen LogP contribution >= 0.6 is 12.6 Å². The molecule has 0 aliphatic carbocycles. The lowest BCUT2D eigenvalue weighted by molar-refractivity contribution is -0.134. The van der Waals surface area contributed by atoms with Gasteiger partial charge in [-0.15, -0.1) is 0 Å². The number of rotatable bonds is 6. The first-order valence-corrected chi connectivity index (χ1v) is 9.95. The van der Waals surface area contributed by atoms with Gasteiger partial charge in [0.2, 0.25) is 11.8 Å². The van der Waals surface area contributed by atoms with E-state index in [2.05, 4.69) is 17.9 Å². The number of aliphatic hydroxyl groups excluding tert-OH is 1. The van der Waals surface area contributed by atoms with E-state index < -0.39 is 36.3 Å². The van der Waals surface area contributed by atoms with Gasteiger partial charge in [-0.2, -0.15) is 12.6 Å². The summed E-state index contributed by atoms with van der Waals surface area (Å²) in [7, 11) is 0. The van der Waals surface area contributed by atoms with Gasteiger partial charge in [0.25, 0.3) is 0 Å². The molecule has 2 saturated heterocycles. The number of aliphatic hydroxyl groups is 1. The van der Waals surface area contributed by atoms with Gasteiger partial charge in [-0.3, -0.25) is 14.5 Å². The third-order valence-electron chi connectivity index (χ3n) is 4.94. The van der Waals surface area contributed by atoms with E-state index in [0.29, 0.717) is 0 Å². The van der Waals surface area contributed by atoms with E-state index in [9.17, 15) is 23.2 Å². The maximum atomic E-state index is 14.7. The van der Waals surface area contributed by atoms with Crippen LogP contribution in [0.2, 0.25) is 0 Å². The summed E-state index contributed by atoms with van der Waals surface area (Å²) in [4.78, 5) is 38.9. The highest BCUT2D eigenvalue weighted by Crippen LogP contribution is 2.31. The first-order valence-electron chi connectivity index (χ1n) is 9.32. The molecule has 2 N–H and O–H groups in total. The minimum absolute atomic E-state index is 0.00924. The van der Waals surface area contributed by atoms with Gasteiger partial charge >= 0.3 is 6.09 Å². The van der Waals surface area contributed by atoms with Crippen LogP contribution < -0.4 is 15.1 Å². The van der Waals surface area contributed by atoms with Crippen molar-refractivity contribution >= 4 is 41.9 Å². The summed E-state index contributed by atoms with van der Waals surface area (Å²) in [6.45, 7) is 0.377. The van der Waals surface area contributed by atoms with Crippen molar-refractivity contribution in [2.75, 3.05) is 61.4 Å². The van der Waals surface area contributed by atoms with Crippen LogP contribution in [0.4, 0.5) is 25.0 Å². The van der Waals surface area contributed by atoms with Crippen molar-refractivity contribution in [2.24, 2.45) is 0 Å². The van der Waals surface area contributed by atoms with Crippen molar-refractivity contribution < 1.29 is 33.0 Å². The Labute approximate surface area is 177 Å². The maximum absolute atomic E-state index is 14.7. The number of hydrogen-bond donors (Lipinski definition) is 3. The van der Waals surface area contributed by atoms with Crippen LogP contribution in [0.25, 0.3) is 0 Å². The number of amides is 3. The summed E-state index contributed by atoms with van der Waals surface area (Å²) in [6, 6.07) is 2.11. The van der Waals surface area contributed by atoms with Crippen molar-refractivity contribution in [2.45, 2.75) is 6.10 Å². The van der Waals surface area contributed by atoms with Gasteiger partial charge in [0.1, 0.15) is 18.4 Å². The molecule has 3 amide bonds. The van der Waals surface area contributed by atoms with E-state index >= 15 is 0 Å². The van der Waals surface area contributed by atoms with Crippen LogP contribution in [0.1, 0.15) is 0 Å². The van der Waals surface area contributed by atoms with Crippen molar-refractivity contribution in [1.82, 2.24) is 10.2 Å². The predicted molar refractivity (Wildman–Crippen MR) is 107 cm³/mol. The number of thiol groups is 1. The molecule has 0 saturated carbocycles. The Balaban J connectivity index is 1.68. The molecular weight excluding hydrogens is 422 g/mol. The van der Waals surface area contributed by atoms with Gasteiger partial charge in [0, 0.05) is 38.3 Å². The number of halogens is 2. The fourth-order valence-electron chi connectivity index (χ4n) is 3.41. The Bertz CT molecular complexity index is 812. The topological polar surface area (TPSA) is 102 Å². The highest BCUT2D eigenvalue weighted by Gasteiger charge is 2.34. The fourth-order valence-corrected chi connectivity index (χ4v) is 3.52. The van der Waals surface area contributed by atoms with E-state index in [4.69, 9.17) is 9.84 Å². The summed E-state index contributed by atoms with van der Waals surface area (Å²) in [6.07, 6.45) is -1.41. The number of ether oxygens (including phenoxy) is 1. The zero-order valence-electron chi connectivity index (χ0n) is 16.0. The Morgan fingerprint density at radius 3 is 2.40 bits per heavy atom. The molecule has 2 fully saturated rings. The number of benzene rings is 1. The van der Waals surface area contributed by atoms with Crippen LogP contribution in [0, 0.1) is 11.6 Å². The molecule has 30 heavy (non-hydrogen) atoms. The smallest absolute Gasteiger partial charge is 0.414 e. The summed E-state index contributed by atoms with van der Waals surface area (Å²) >= 11 is 3.83. The monoisotopic (exact) mass is 444 g/mol. The second-order valence-corrected chi connectivity index (χ2v) is 7.18. The van der Waals surface area contributed by atoms with Crippen LogP contribution in [-0.2, 0) is 14.3 Å². The number of hydrogen-bond acceptors (Lipinski definition) is 7. The molecule has 9 nitrogen and oxygen atoms in total. The molecule has 2 aliphatic rings. The number of nitrogens with zero attached hydrogens (tertiary/aromatic N) is 3. The second-order valence-electron chi connectivity index (χ2n) is 6.86. The van der Waals surface area contributed by atoms with E-state index in [1.807, 2.05) is 0 Å². The highest BCUT2D eigenvalue weighted by molar-refractivity contribution is 7.81. The van der Waals surface area contributed by atoms with Crippen molar-refractivity contribution in [3.8, 4) is 0 Å². The van der Waals surface area contributed by atoms with Gasteiger partial charge in [-0.05, 0) is 0 Å². The Hall–Kier alpha value is -2.60. The molecule has 164 valence electrons. The number of carbonyl (C=O) groups excluding carboxylic acids is 3. The lowest BCUT2D eigenvalue weighted by Gasteiger charge is -2.36. The standard InChI is InChI=1S/C18H22F2N4O5S/c19-13-5-11(24-8-12(29-18(24)28)7-21-15(26)10-30)6-14(20)17(13)23-3-1-22(2-4-23)16(27)9-25/h5-6,12,25,30H,1-4,7-10H2,(H,21,26). The van der Waals surface area contributed by atoms with Gasteiger partial charge in [-0.1, -0.05) is 0 Å². The molecule has 1 aromatic carbocycles. The van der Waals surface area contributed by atoms with E-state index in [1.54, 1.807) is 0 Å². The Kier molecular flexibility index (Phi) is 6.98. The lowest BCUT2D eigenvalue weighted by Crippen LogP contribution is -2.50. The summed E-state index contributed by atoms with van der Waals surface area (Å²) < 4.78 is 34.6. The lowest BCUT2D eigenvalue weighted by atomic mass is 10.2. The van der Waals surface area contributed by atoms with Crippen molar-refractivity contribution in [3.05, 3.63) is 23.8 Å². The van der Waals surface area contributed by atoms with Gasteiger partial charge in [0.15, 0.2) is 11.6 Å².